The van der Waals surface area contributed by atoms with Crippen molar-refractivity contribution in [3.63, 3.8) is 0 Å². The fourth-order valence-electron chi connectivity index (χ4n) is 3.75. The molecule has 4 rings (SSSR count). The van der Waals surface area contributed by atoms with E-state index in [2.05, 4.69) is 62.2 Å². The lowest BCUT2D eigenvalue weighted by molar-refractivity contribution is 0.277. The summed E-state index contributed by atoms with van der Waals surface area (Å²) in [5.41, 5.74) is 6.24. The zero-order chi connectivity index (χ0) is 18.6. The summed E-state index contributed by atoms with van der Waals surface area (Å²) in [7, 11) is 2.06. The zero-order valence-electron chi connectivity index (χ0n) is 16.0. The van der Waals surface area contributed by atoms with Crippen LogP contribution in [0.3, 0.4) is 0 Å². The lowest BCUT2D eigenvalue weighted by atomic mass is 10.0. The topological polar surface area (TPSA) is 58.9 Å². The van der Waals surface area contributed by atoms with Crippen molar-refractivity contribution in [2.24, 2.45) is 7.05 Å². The monoisotopic (exact) mass is 362 g/mol. The summed E-state index contributed by atoms with van der Waals surface area (Å²) >= 11 is 0. The van der Waals surface area contributed by atoms with Gasteiger partial charge in [-0.25, -0.2) is 9.97 Å². The van der Waals surface area contributed by atoms with Crippen LogP contribution in [0.4, 0.5) is 5.95 Å². The van der Waals surface area contributed by atoms with Gasteiger partial charge in [0, 0.05) is 74.4 Å². The molecular formula is C21H26N6. The highest BCUT2D eigenvalue weighted by Crippen LogP contribution is 2.28. The fraction of sp³-hybridized carbons (Fsp3) is 0.381. The Hall–Kier alpha value is -2.73. The second-order valence-corrected chi connectivity index (χ2v) is 6.98. The average Bonchev–Trinajstić information content (AvgIpc) is 2.87. The molecule has 0 saturated heterocycles. The highest BCUT2D eigenvalue weighted by atomic mass is 15.3. The Kier molecular flexibility index (Phi) is 5.16. The van der Waals surface area contributed by atoms with Crippen molar-refractivity contribution >= 4 is 5.95 Å². The number of rotatable bonds is 5. The van der Waals surface area contributed by atoms with E-state index >= 15 is 0 Å². The molecule has 1 aliphatic heterocycles. The van der Waals surface area contributed by atoms with E-state index in [1.807, 2.05) is 19.3 Å². The summed E-state index contributed by atoms with van der Waals surface area (Å²) in [6, 6.07) is 10.5. The van der Waals surface area contributed by atoms with Crippen LogP contribution in [0, 0.1) is 0 Å². The largest absolute Gasteiger partial charge is 0.355 e. The zero-order valence-corrected chi connectivity index (χ0v) is 16.0. The summed E-state index contributed by atoms with van der Waals surface area (Å²) in [5, 5.41) is 7.95. The molecule has 1 aromatic carbocycles. The number of hydrogen-bond donors (Lipinski definition) is 1. The quantitative estimate of drug-likeness (QED) is 0.756. The van der Waals surface area contributed by atoms with E-state index in [1.165, 1.54) is 16.8 Å². The number of fused-ring (bicyclic) bond motifs is 1. The van der Waals surface area contributed by atoms with Crippen LogP contribution in [0.2, 0.25) is 0 Å². The molecule has 6 nitrogen and oxygen atoms in total. The van der Waals surface area contributed by atoms with E-state index in [1.54, 1.807) is 0 Å². The number of aryl methyl sites for hydroxylation is 1. The molecule has 0 atom stereocenters. The highest BCUT2D eigenvalue weighted by molar-refractivity contribution is 5.64. The Morgan fingerprint density at radius 3 is 2.52 bits per heavy atom. The first-order chi connectivity index (χ1) is 13.2. The molecule has 0 radical (unpaired) electrons. The van der Waals surface area contributed by atoms with Crippen LogP contribution in [0.15, 0.2) is 42.7 Å². The molecule has 0 spiro atoms. The predicted molar refractivity (Wildman–Crippen MR) is 108 cm³/mol. The highest BCUT2D eigenvalue weighted by Gasteiger charge is 2.22. The van der Waals surface area contributed by atoms with Gasteiger partial charge in [-0.15, -0.1) is 0 Å². The van der Waals surface area contributed by atoms with Crippen LogP contribution in [0.5, 0.6) is 0 Å². The third-order valence-corrected chi connectivity index (χ3v) is 5.11. The van der Waals surface area contributed by atoms with Crippen LogP contribution < -0.4 is 5.32 Å². The maximum atomic E-state index is 4.81. The Bertz CT molecular complexity index is 885. The molecule has 0 amide bonds. The van der Waals surface area contributed by atoms with Gasteiger partial charge in [0.2, 0.25) is 5.95 Å². The molecule has 140 valence electrons. The van der Waals surface area contributed by atoms with Crippen molar-refractivity contribution in [3.8, 4) is 11.3 Å². The van der Waals surface area contributed by atoms with Crippen LogP contribution in [-0.2, 0) is 26.4 Å². The van der Waals surface area contributed by atoms with Crippen molar-refractivity contribution in [1.29, 1.82) is 0 Å². The smallest absolute Gasteiger partial charge is 0.222 e. The van der Waals surface area contributed by atoms with Gasteiger partial charge in [-0.2, -0.15) is 5.10 Å². The van der Waals surface area contributed by atoms with E-state index in [0.717, 1.165) is 50.3 Å². The minimum atomic E-state index is 0.697. The van der Waals surface area contributed by atoms with E-state index in [0.29, 0.717) is 5.95 Å². The van der Waals surface area contributed by atoms with Crippen LogP contribution in [0.1, 0.15) is 23.7 Å². The van der Waals surface area contributed by atoms with E-state index < -0.39 is 0 Å². The SMILES string of the molecule is CCNc1ncc(CN2CCc3c(-c4ccccc4)nn(C)c3CC2)cn1. The normalized spacial score (nSPS) is 14.6. The fourth-order valence-corrected chi connectivity index (χ4v) is 3.75. The molecule has 0 unspecified atom stereocenters. The summed E-state index contributed by atoms with van der Waals surface area (Å²) < 4.78 is 2.06. The van der Waals surface area contributed by atoms with Crippen molar-refractivity contribution in [2.45, 2.75) is 26.3 Å². The Balaban J connectivity index is 1.48. The molecule has 1 N–H and O–H groups in total. The second-order valence-electron chi connectivity index (χ2n) is 6.98. The van der Waals surface area contributed by atoms with E-state index in [9.17, 15) is 0 Å². The molecule has 0 bridgehead atoms. The van der Waals surface area contributed by atoms with Gasteiger partial charge in [-0.1, -0.05) is 30.3 Å². The molecule has 3 heterocycles. The number of hydrogen-bond acceptors (Lipinski definition) is 5. The van der Waals surface area contributed by atoms with Gasteiger partial charge in [0.25, 0.3) is 0 Å². The van der Waals surface area contributed by atoms with Gasteiger partial charge in [0.15, 0.2) is 0 Å². The molecule has 1 aliphatic rings. The van der Waals surface area contributed by atoms with Gasteiger partial charge >= 0.3 is 0 Å². The first kappa shape index (κ1) is 17.7. The second kappa shape index (κ2) is 7.88. The van der Waals surface area contributed by atoms with Crippen molar-refractivity contribution in [3.05, 3.63) is 59.5 Å². The van der Waals surface area contributed by atoms with Gasteiger partial charge in [-0.3, -0.25) is 9.58 Å². The van der Waals surface area contributed by atoms with Crippen LogP contribution >= 0.6 is 0 Å². The maximum Gasteiger partial charge on any atom is 0.222 e. The Labute approximate surface area is 160 Å². The van der Waals surface area contributed by atoms with Gasteiger partial charge in [-0.05, 0) is 13.3 Å². The molecular weight excluding hydrogens is 336 g/mol. The number of anilines is 1. The summed E-state index contributed by atoms with van der Waals surface area (Å²) in [4.78, 5) is 11.3. The molecule has 0 fully saturated rings. The Morgan fingerprint density at radius 1 is 1.04 bits per heavy atom. The molecule has 2 aromatic heterocycles. The summed E-state index contributed by atoms with van der Waals surface area (Å²) in [6.45, 7) is 5.81. The first-order valence-electron chi connectivity index (χ1n) is 9.62. The lowest BCUT2D eigenvalue weighted by Gasteiger charge is -2.19. The van der Waals surface area contributed by atoms with Gasteiger partial charge in [0.05, 0.1) is 5.69 Å². The first-order valence-corrected chi connectivity index (χ1v) is 9.62. The summed E-state index contributed by atoms with van der Waals surface area (Å²) in [5.74, 6) is 0.697. The van der Waals surface area contributed by atoms with Crippen LogP contribution in [0.25, 0.3) is 11.3 Å². The molecule has 6 heteroatoms. The minimum absolute atomic E-state index is 0.697. The standard InChI is InChI=1S/C21H26N6/c1-3-22-21-23-13-16(14-24-21)15-27-11-9-18-19(10-12-27)26(2)25-20(18)17-7-5-4-6-8-17/h4-8,13-14H,3,9-12,15H2,1-2H3,(H,22,23,24). The average molecular weight is 362 g/mol. The lowest BCUT2D eigenvalue weighted by Crippen LogP contribution is -2.26. The predicted octanol–water partition coefficient (Wildman–Crippen LogP) is 2.91. The maximum absolute atomic E-state index is 4.81. The van der Waals surface area contributed by atoms with Gasteiger partial charge in [0.1, 0.15) is 0 Å². The number of aromatic nitrogens is 4. The number of nitrogens with zero attached hydrogens (tertiary/aromatic N) is 5. The third-order valence-electron chi connectivity index (χ3n) is 5.11. The minimum Gasteiger partial charge on any atom is -0.355 e. The third kappa shape index (κ3) is 3.85. The van der Waals surface area contributed by atoms with Crippen molar-refractivity contribution < 1.29 is 0 Å². The molecule has 27 heavy (non-hydrogen) atoms. The van der Waals surface area contributed by atoms with Gasteiger partial charge < -0.3 is 5.32 Å². The van der Waals surface area contributed by atoms with Crippen molar-refractivity contribution in [2.75, 3.05) is 25.0 Å². The Morgan fingerprint density at radius 2 is 1.78 bits per heavy atom. The molecule has 0 aliphatic carbocycles. The van der Waals surface area contributed by atoms with E-state index in [4.69, 9.17) is 5.10 Å². The number of nitrogens with one attached hydrogen (secondary N) is 1. The molecule has 3 aromatic rings. The number of benzene rings is 1. The van der Waals surface area contributed by atoms with Crippen LogP contribution in [-0.4, -0.2) is 44.3 Å². The van der Waals surface area contributed by atoms with Crippen molar-refractivity contribution in [1.82, 2.24) is 24.6 Å². The van der Waals surface area contributed by atoms with E-state index in [-0.39, 0.29) is 0 Å². The summed E-state index contributed by atoms with van der Waals surface area (Å²) in [6.07, 6.45) is 5.89. The molecule has 0 saturated carbocycles.